The topological polar surface area (TPSA) is 103 Å². The molecule has 0 fully saturated rings. The monoisotopic (exact) mass is 359 g/mol. The minimum Gasteiger partial charge on any atom is -0.497 e. The van der Waals surface area contributed by atoms with Gasteiger partial charge in [0.1, 0.15) is 11.5 Å². The molecule has 0 spiro atoms. The van der Waals surface area contributed by atoms with Gasteiger partial charge in [-0.1, -0.05) is 6.07 Å². The van der Waals surface area contributed by atoms with E-state index in [1.165, 1.54) is 12.1 Å². The van der Waals surface area contributed by atoms with Crippen molar-refractivity contribution in [3.05, 3.63) is 58.1 Å². The second-order valence-electron chi connectivity index (χ2n) is 5.44. The van der Waals surface area contributed by atoms with E-state index in [1.54, 1.807) is 44.6 Å². The van der Waals surface area contributed by atoms with Crippen LogP contribution in [0.15, 0.2) is 42.5 Å². The standard InChI is InChI=1S/C18H21N3O5/c1-25-16-8-3-13(17(12-16)26-2)11-18(22)20-10-9-19-14-4-6-15(7-5-14)21(23)24/h3-8,12,19H,9-11H2,1-2H3,(H,20,22). The summed E-state index contributed by atoms with van der Waals surface area (Å²) in [6.07, 6.45) is 0.199. The molecule has 1 amide bonds. The number of nitro groups is 1. The number of nitro benzene ring substituents is 1. The molecule has 0 unspecified atom stereocenters. The van der Waals surface area contributed by atoms with Crippen LogP contribution in [0.2, 0.25) is 0 Å². The summed E-state index contributed by atoms with van der Waals surface area (Å²) in [7, 11) is 3.11. The van der Waals surface area contributed by atoms with Gasteiger partial charge in [-0.2, -0.15) is 0 Å². The number of ether oxygens (including phenoxy) is 2. The number of non-ortho nitro benzene ring substituents is 1. The largest absolute Gasteiger partial charge is 0.497 e. The van der Waals surface area contributed by atoms with Crippen molar-refractivity contribution < 1.29 is 19.2 Å². The highest BCUT2D eigenvalue weighted by Crippen LogP contribution is 2.24. The maximum Gasteiger partial charge on any atom is 0.269 e. The van der Waals surface area contributed by atoms with Crippen LogP contribution in [0.3, 0.4) is 0 Å². The first-order valence-electron chi connectivity index (χ1n) is 7.99. The number of hydrogen-bond acceptors (Lipinski definition) is 6. The SMILES string of the molecule is COc1ccc(CC(=O)NCCNc2ccc([N+](=O)[O-])cc2)c(OC)c1. The van der Waals surface area contributed by atoms with E-state index in [0.29, 0.717) is 24.6 Å². The highest BCUT2D eigenvalue weighted by molar-refractivity contribution is 5.79. The molecule has 2 N–H and O–H groups in total. The second kappa shape index (κ2) is 9.26. The lowest BCUT2D eigenvalue weighted by Gasteiger charge is -2.11. The maximum atomic E-state index is 12.1. The Kier molecular flexibility index (Phi) is 6.78. The van der Waals surface area contributed by atoms with E-state index in [-0.39, 0.29) is 18.0 Å². The molecule has 138 valence electrons. The number of benzene rings is 2. The Bertz CT molecular complexity index is 762. The number of carbonyl (C=O) groups is 1. The number of nitrogens with zero attached hydrogens (tertiary/aromatic N) is 1. The number of amides is 1. The summed E-state index contributed by atoms with van der Waals surface area (Å²) >= 11 is 0. The van der Waals surface area contributed by atoms with Crippen LogP contribution in [0, 0.1) is 10.1 Å². The van der Waals surface area contributed by atoms with Crippen molar-refractivity contribution in [3.8, 4) is 11.5 Å². The van der Waals surface area contributed by atoms with Crippen molar-refractivity contribution in [2.45, 2.75) is 6.42 Å². The summed E-state index contributed by atoms with van der Waals surface area (Å²) in [4.78, 5) is 22.2. The van der Waals surface area contributed by atoms with Crippen LogP contribution >= 0.6 is 0 Å². The summed E-state index contributed by atoms with van der Waals surface area (Å²) in [6.45, 7) is 0.928. The third-order valence-corrected chi connectivity index (χ3v) is 3.70. The predicted molar refractivity (Wildman–Crippen MR) is 97.8 cm³/mol. The van der Waals surface area contributed by atoms with Crippen LogP contribution < -0.4 is 20.1 Å². The summed E-state index contributed by atoms with van der Waals surface area (Å²) in [6, 6.07) is 11.4. The fourth-order valence-electron chi connectivity index (χ4n) is 2.34. The summed E-state index contributed by atoms with van der Waals surface area (Å²) in [5.41, 5.74) is 1.56. The van der Waals surface area contributed by atoms with Gasteiger partial charge in [-0.15, -0.1) is 0 Å². The van der Waals surface area contributed by atoms with Gasteiger partial charge in [0.25, 0.3) is 5.69 Å². The molecular formula is C18H21N3O5. The van der Waals surface area contributed by atoms with Crippen LogP contribution in [0.5, 0.6) is 11.5 Å². The molecule has 2 aromatic carbocycles. The lowest BCUT2D eigenvalue weighted by Crippen LogP contribution is -2.30. The predicted octanol–water partition coefficient (Wildman–Crippen LogP) is 2.38. The zero-order valence-electron chi connectivity index (χ0n) is 14.7. The van der Waals surface area contributed by atoms with Gasteiger partial charge in [0, 0.05) is 42.5 Å². The third-order valence-electron chi connectivity index (χ3n) is 3.70. The average molecular weight is 359 g/mol. The van der Waals surface area contributed by atoms with Gasteiger partial charge >= 0.3 is 0 Å². The summed E-state index contributed by atoms with van der Waals surface area (Å²) in [5, 5.41) is 16.5. The van der Waals surface area contributed by atoms with Gasteiger partial charge in [0.2, 0.25) is 5.91 Å². The second-order valence-corrected chi connectivity index (χ2v) is 5.44. The van der Waals surface area contributed by atoms with Gasteiger partial charge in [0.05, 0.1) is 25.6 Å². The lowest BCUT2D eigenvalue weighted by molar-refractivity contribution is -0.384. The van der Waals surface area contributed by atoms with E-state index < -0.39 is 4.92 Å². The molecule has 0 aliphatic heterocycles. The van der Waals surface area contributed by atoms with Gasteiger partial charge in [-0.25, -0.2) is 0 Å². The Labute approximate surface area is 151 Å². The molecule has 2 aromatic rings. The van der Waals surface area contributed by atoms with Crippen molar-refractivity contribution in [2.75, 3.05) is 32.6 Å². The zero-order chi connectivity index (χ0) is 18.9. The Morgan fingerprint density at radius 3 is 2.42 bits per heavy atom. The van der Waals surface area contributed by atoms with E-state index in [2.05, 4.69) is 10.6 Å². The van der Waals surface area contributed by atoms with E-state index >= 15 is 0 Å². The van der Waals surface area contributed by atoms with E-state index in [4.69, 9.17) is 9.47 Å². The molecule has 0 radical (unpaired) electrons. The number of methoxy groups -OCH3 is 2. The Hall–Kier alpha value is -3.29. The molecule has 26 heavy (non-hydrogen) atoms. The summed E-state index contributed by atoms with van der Waals surface area (Å²) in [5.74, 6) is 1.14. The van der Waals surface area contributed by atoms with Crippen molar-refractivity contribution in [1.82, 2.24) is 5.32 Å². The number of carbonyl (C=O) groups excluding carboxylic acids is 1. The maximum absolute atomic E-state index is 12.1. The number of rotatable bonds is 9. The van der Waals surface area contributed by atoms with E-state index in [9.17, 15) is 14.9 Å². The van der Waals surface area contributed by atoms with Crippen molar-refractivity contribution in [2.24, 2.45) is 0 Å². The van der Waals surface area contributed by atoms with Gasteiger partial charge < -0.3 is 20.1 Å². The molecule has 2 rings (SSSR count). The molecule has 0 aliphatic rings. The van der Waals surface area contributed by atoms with Crippen molar-refractivity contribution in [1.29, 1.82) is 0 Å². The first-order chi connectivity index (χ1) is 12.5. The first kappa shape index (κ1) is 19.0. The van der Waals surface area contributed by atoms with Gasteiger partial charge in [-0.05, 0) is 18.2 Å². The highest BCUT2D eigenvalue weighted by Gasteiger charge is 2.10. The van der Waals surface area contributed by atoms with E-state index in [1.807, 2.05) is 0 Å². The number of anilines is 1. The molecule has 8 heteroatoms. The summed E-state index contributed by atoms with van der Waals surface area (Å²) < 4.78 is 10.4. The Morgan fingerprint density at radius 2 is 1.81 bits per heavy atom. The number of hydrogen-bond donors (Lipinski definition) is 2. The minimum atomic E-state index is -0.447. The zero-order valence-corrected chi connectivity index (χ0v) is 14.7. The van der Waals surface area contributed by atoms with Crippen LogP contribution in [0.1, 0.15) is 5.56 Å². The van der Waals surface area contributed by atoms with Crippen LogP contribution in [-0.2, 0) is 11.2 Å². The Morgan fingerprint density at radius 1 is 1.08 bits per heavy atom. The molecule has 0 aliphatic carbocycles. The molecule has 0 saturated heterocycles. The molecule has 0 heterocycles. The highest BCUT2D eigenvalue weighted by atomic mass is 16.6. The average Bonchev–Trinajstić information content (AvgIpc) is 2.66. The smallest absolute Gasteiger partial charge is 0.269 e. The fourth-order valence-corrected chi connectivity index (χ4v) is 2.34. The third kappa shape index (κ3) is 5.37. The van der Waals surface area contributed by atoms with Crippen LogP contribution in [0.4, 0.5) is 11.4 Å². The van der Waals surface area contributed by atoms with E-state index in [0.717, 1.165) is 11.3 Å². The molecule has 0 bridgehead atoms. The quantitative estimate of drug-likeness (QED) is 0.405. The van der Waals surface area contributed by atoms with Crippen molar-refractivity contribution in [3.63, 3.8) is 0 Å². The fraction of sp³-hybridized carbons (Fsp3) is 0.278. The molecular weight excluding hydrogens is 338 g/mol. The van der Waals surface area contributed by atoms with Crippen LogP contribution in [-0.4, -0.2) is 38.1 Å². The lowest BCUT2D eigenvalue weighted by atomic mass is 10.1. The van der Waals surface area contributed by atoms with Crippen LogP contribution in [0.25, 0.3) is 0 Å². The first-order valence-corrected chi connectivity index (χ1v) is 7.99. The van der Waals surface area contributed by atoms with Gasteiger partial charge in [-0.3, -0.25) is 14.9 Å². The van der Waals surface area contributed by atoms with Gasteiger partial charge in [0.15, 0.2) is 0 Å². The minimum absolute atomic E-state index is 0.0392. The molecule has 0 aromatic heterocycles. The molecule has 8 nitrogen and oxygen atoms in total. The van der Waals surface area contributed by atoms with Crippen molar-refractivity contribution >= 4 is 17.3 Å². The Balaban J connectivity index is 1.77. The normalized spacial score (nSPS) is 10.1. The number of nitrogens with one attached hydrogen (secondary N) is 2. The molecule has 0 saturated carbocycles. The molecule has 0 atom stereocenters.